The molecule has 0 saturated carbocycles. The van der Waals surface area contributed by atoms with Crippen LogP contribution in [0.1, 0.15) is 11.4 Å². The zero-order valence-corrected chi connectivity index (χ0v) is 21.3. The quantitative estimate of drug-likeness (QED) is 0.209. The molecule has 0 spiro atoms. The Morgan fingerprint density at radius 3 is 1.88 bits per heavy atom. The first-order chi connectivity index (χ1) is 16.0. The van der Waals surface area contributed by atoms with Gasteiger partial charge in [0.05, 0.1) is 10.0 Å². The van der Waals surface area contributed by atoms with Gasteiger partial charge in [-0.15, -0.1) is 0 Å². The average Bonchev–Trinajstić information content (AvgIpc) is 2.73. The Kier molecular flexibility index (Phi) is 7.66. The molecule has 0 saturated heterocycles. The van der Waals surface area contributed by atoms with Gasteiger partial charge in [-0.3, -0.25) is 0 Å². The third-order valence-electron chi connectivity index (χ3n) is 4.25. The molecule has 180 valence electrons. The Morgan fingerprint density at radius 2 is 1.38 bits per heavy atom. The topological polar surface area (TPSA) is 130 Å². The highest BCUT2D eigenvalue weighted by molar-refractivity contribution is 7.90. The van der Waals surface area contributed by atoms with Crippen LogP contribution in [0.4, 0.5) is 5.95 Å². The highest BCUT2D eigenvalue weighted by Crippen LogP contribution is 2.24. The van der Waals surface area contributed by atoms with Crippen LogP contribution >= 0.6 is 23.2 Å². The van der Waals surface area contributed by atoms with E-state index < -0.39 is 26.0 Å². The largest absolute Gasteiger partial charge is 0.421 e. The lowest BCUT2D eigenvalue weighted by molar-refractivity contribution is -0.667. The molecule has 0 aliphatic rings. The summed E-state index contributed by atoms with van der Waals surface area (Å²) >= 11 is 12.2. The Bertz CT molecular complexity index is 1460. The van der Waals surface area contributed by atoms with Crippen LogP contribution in [0, 0.1) is 13.8 Å². The zero-order chi connectivity index (χ0) is 25.1. The molecule has 0 atom stereocenters. The molecule has 10 nitrogen and oxygen atoms in total. The van der Waals surface area contributed by atoms with E-state index in [0.29, 0.717) is 15.5 Å². The summed E-state index contributed by atoms with van der Waals surface area (Å²) < 4.78 is 55.6. The Labute approximate surface area is 207 Å². The van der Waals surface area contributed by atoms with Crippen LogP contribution in [-0.2, 0) is 24.9 Å². The van der Waals surface area contributed by atoms with Crippen LogP contribution in [0.5, 0.6) is 0 Å². The fraction of sp³-hybridized carbons (Fsp3) is 0.150. The first-order valence-electron chi connectivity index (χ1n) is 9.53. The van der Waals surface area contributed by atoms with Crippen molar-refractivity contribution in [3.63, 3.8) is 0 Å². The maximum atomic E-state index is 13.4. The number of sulfonamides is 2. The molecular weight excluding hydrogens is 525 g/mol. The van der Waals surface area contributed by atoms with Gasteiger partial charge < -0.3 is 4.84 Å². The molecule has 0 fully saturated rings. The van der Waals surface area contributed by atoms with Gasteiger partial charge in [0, 0.05) is 15.5 Å². The van der Waals surface area contributed by atoms with Crippen molar-refractivity contribution in [3.05, 3.63) is 76.0 Å². The van der Waals surface area contributed by atoms with Crippen molar-refractivity contribution in [3.8, 4) is 0 Å². The fourth-order valence-electron chi connectivity index (χ4n) is 2.89. The van der Waals surface area contributed by atoms with Crippen LogP contribution < -0.4 is 10.0 Å². The average molecular weight is 545 g/mol. The van der Waals surface area contributed by atoms with Gasteiger partial charge >= 0.3 is 26.0 Å². The van der Waals surface area contributed by atoms with E-state index in [-0.39, 0.29) is 25.8 Å². The van der Waals surface area contributed by atoms with E-state index in [4.69, 9.17) is 28.0 Å². The highest BCUT2D eigenvalue weighted by Gasteiger charge is 2.35. The molecular formula is C20H20Cl2N5O5S2+. The Hall–Kier alpha value is -2.93. The van der Waals surface area contributed by atoms with E-state index in [2.05, 4.69) is 20.0 Å². The lowest BCUT2D eigenvalue weighted by atomic mass is 10.4. The van der Waals surface area contributed by atoms with Crippen LogP contribution in [0.2, 0.25) is 10.0 Å². The van der Waals surface area contributed by atoms with Crippen molar-refractivity contribution in [2.24, 2.45) is 0 Å². The molecule has 14 heteroatoms. The molecule has 0 radical (unpaired) electrons. The lowest BCUT2D eigenvalue weighted by Crippen LogP contribution is -2.45. The number of nitrogens with zero attached hydrogens (tertiary/aromatic N) is 3. The summed E-state index contributed by atoms with van der Waals surface area (Å²) in [5.41, 5.74) is 1.11. The SMILES string of the molecule is CO[N+](=C(Nc1nc(C)cc(C)n1)NS(=O)(=O)c1ccccc1Cl)S(=O)(=O)c1ccccc1Cl. The van der Waals surface area contributed by atoms with E-state index in [1.807, 2.05) is 0 Å². The molecule has 0 aliphatic carbocycles. The number of guanidine groups is 1. The number of hydrogen-bond donors (Lipinski definition) is 2. The van der Waals surface area contributed by atoms with Gasteiger partial charge in [0.25, 0.3) is 5.95 Å². The van der Waals surface area contributed by atoms with Crippen molar-refractivity contribution in [1.82, 2.24) is 14.7 Å². The number of rotatable bonds is 6. The fourth-order valence-corrected chi connectivity index (χ4v) is 6.17. The van der Waals surface area contributed by atoms with Crippen molar-refractivity contribution in [2.75, 3.05) is 12.4 Å². The van der Waals surface area contributed by atoms with Crippen LogP contribution in [-0.4, -0.2) is 44.0 Å². The maximum Gasteiger partial charge on any atom is 0.421 e. The summed E-state index contributed by atoms with van der Waals surface area (Å²) in [6.07, 6.45) is 0. The van der Waals surface area contributed by atoms with Gasteiger partial charge in [-0.25, -0.2) is 15.3 Å². The van der Waals surface area contributed by atoms with E-state index in [1.54, 1.807) is 32.0 Å². The van der Waals surface area contributed by atoms with Crippen molar-refractivity contribution in [2.45, 2.75) is 23.6 Å². The first kappa shape index (κ1) is 25.7. The second-order valence-electron chi connectivity index (χ2n) is 6.83. The summed E-state index contributed by atoms with van der Waals surface area (Å²) in [6.45, 7) is 3.39. The van der Waals surface area contributed by atoms with Gasteiger partial charge in [0.2, 0.25) is 0 Å². The van der Waals surface area contributed by atoms with E-state index in [0.717, 1.165) is 7.11 Å². The van der Waals surface area contributed by atoms with Gasteiger partial charge in [0.15, 0.2) is 0 Å². The first-order valence-corrected chi connectivity index (χ1v) is 13.2. The number of nitrogens with one attached hydrogen (secondary N) is 2. The molecule has 1 heterocycles. The summed E-state index contributed by atoms with van der Waals surface area (Å²) in [7, 11) is -7.87. The number of hydrogen-bond acceptors (Lipinski definition) is 7. The van der Waals surface area contributed by atoms with Crippen molar-refractivity contribution >= 4 is 55.2 Å². The van der Waals surface area contributed by atoms with Crippen LogP contribution in [0.25, 0.3) is 0 Å². The van der Waals surface area contributed by atoms with Crippen molar-refractivity contribution in [1.29, 1.82) is 0 Å². The van der Waals surface area contributed by atoms with Crippen LogP contribution in [0.15, 0.2) is 64.4 Å². The van der Waals surface area contributed by atoms with Gasteiger partial charge in [-0.05, 0) is 44.2 Å². The number of aromatic nitrogens is 2. The molecule has 3 aromatic rings. The predicted molar refractivity (Wildman–Crippen MR) is 128 cm³/mol. The van der Waals surface area contributed by atoms with E-state index in [9.17, 15) is 16.8 Å². The highest BCUT2D eigenvalue weighted by atomic mass is 35.5. The molecule has 0 aliphatic heterocycles. The summed E-state index contributed by atoms with van der Waals surface area (Å²) in [4.78, 5) is 12.8. The van der Waals surface area contributed by atoms with Crippen molar-refractivity contribution < 1.29 is 25.8 Å². The summed E-state index contributed by atoms with van der Waals surface area (Å²) in [6, 6.07) is 13.0. The minimum Gasteiger partial charge on any atom is -0.350 e. The second kappa shape index (κ2) is 10.1. The molecule has 0 amide bonds. The number of halogens is 2. The zero-order valence-electron chi connectivity index (χ0n) is 18.2. The number of anilines is 1. The molecule has 0 unspecified atom stereocenters. The molecule has 0 bridgehead atoms. The maximum absolute atomic E-state index is 13.4. The molecule has 2 aromatic carbocycles. The second-order valence-corrected chi connectivity index (χ2v) is 11.0. The monoisotopic (exact) mass is 544 g/mol. The van der Waals surface area contributed by atoms with E-state index in [1.165, 1.54) is 36.4 Å². The number of benzene rings is 2. The third-order valence-corrected chi connectivity index (χ3v) is 8.21. The van der Waals surface area contributed by atoms with Gasteiger partial charge in [-0.2, -0.15) is 21.6 Å². The minimum absolute atomic E-state index is 0.0741. The Morgan fingerprint density at radius 1 is 0.882 bits per heavy atom. The summed E-state index contributed by atoms with van der Waals surface area (Å²) in [5, 5.41) is 2.42. The normalized spacial score (nSPS) is 12.6. The smallest absolute Gasteiger partial charge is 0.350 e. The third kappa shape index (κ3) is 5.58. The minimum atomic E-state index is -4.52. The van der Waals surface area contributed by atoms with E-state index >= 15 is 0 Å². The lowest BCUT2D eigenvalue weighted by Gasteiger charge is -2.13. The molecule has 2 N–H and O–H groups in total. The summed E-state index contributed by atoms with van der Waals surface area (Å²) in [5.74, 6) is -0.710. The van der Waals surface area contributed by atoms with Gasteiger partial charge in [-0.1, -0.05) is 47.5 Å². The molecule has 1 aromatic heterocycles. The van der Waals surface area contributed by atoms with Gasteiger partial charge in [0.1, 0.15) is 16.9 Å². The number of aryl methyl sites for hydroxylation is 2. The molecule has 3 rings (SSSR count). The molecule has 34 heavy (non-hydrogen) atoms. The standard InChI is InChI=1S/C20H19Cl2N5O5S2/c1-13-12-14(2)24-19(23-13)25-20(26-33(28,29)17-10-6-4-8-15(17)21)27(32-3)34(30,31)18-11-7-5-9-16(18)22/h4-12H,1-3H3,(H,23,24,25,26)/p+1. The Balaban J connectivity index is 2.23. The predicted octanol–water partition coefficient (Wildman–Crippen LogP) is 3.11. The van der Waals surface area contributed by atoms with Crippen LogP contribution in [0.3, 0.4) is 0 Å².